The maximum absolute atomic E-state index is 12.6. The van der Waals surface area contributed by atoms with Crippen molar-refractivity contribution in [1.82, 2.24) is 5.32 Å². The molecule has 2 N–H and O–H groups in total. The molecule has 3 aromatic rings. The number of amidine groups is 1. The quantitative estimate of drug-likeness (QED) is 0.372. The standard InChI is InChI=1S/C25H21N3O5S2/c1-16-3-7-20(8-4-16)27-25-28-24(30)23(34-25)15-18-5-11-21(12-6-18)33-35(31,32)22-13-9-19(10-14-22)26-17(2)29/h3-15H,1-2H3,(H,26,29)(H,27,28,30)/b23-15-. The Morgan fingerprint density at radius 2 is 1.66 bits per heavy atom. The van der Waals surface area contributed by atoms with Gasteiger partial charge in [-0.1, -0.05) is 29.8 Å². The summed E-state index contributed by atoms with van der Waals surface area (Å²) in [5.74, 6) is -0.384. The number of anilines is 1. The number of thioether (sulfide) groups is 1. The molecule has 178 valence electrons. The third-order valence-electron chi connectivity index (χ3n) is 4.76. The Labute approximate surface area is 207 Å². The smallest absolute Gasteiger partial charge is 0.339 e. The highest BCUT2D eigenvalue weighted by Gasteiger charge is 2.24. The van der Waals surface area contributed by atoms with E-state index in [1.165, 1.54) is 55.1 Å². The minimum atomic E-state index is -4.05. The van der Waals surface area contributed by atoms with Gasteiger partial charge in [0.2, 0.25) is 5.91 Å². The summed E-state index contributed by atoms with van der Waals surface area (Å²) in [7, 11) is -4.05. The van der Waals surface area contributed by atoms with Gasteiger partial charge < -0.3 is 14.8 Å². The Kier molecular flexibility index (Phi) is 7.04. The molecule has 0 aromatic heterocycles. The maximum atomic E-state index is 12.6. The van der Waals surface area contributed by atoms with E-state index in [0.717, 1.165) is 11.3 Å². The molecule has 10 heteroatoms. The van der Waals surface area contributed by atoms with Crippen molar-refractivity contribution in [2.24, 2.45) is 4.99 Å². The summed E-state index contributed by atoms with van der Waals surface area (Å²) in [5.41, 5.74) is 3.04. The number of rotatable bonds is 6. The summed E-state index contributed by atoms with van der Waals surface area (Å²) < 4.78 is 30.3. The van der Waals surface area contributed by atoms with E-state index in [-0.39, 0.29) is 22.5 Å². The van der Waals surface area contributed by atoms with E-state index >= 15 is 0 Å². The second-order valence-corrected chi connectivity index (χ2v) is 10.2. The van der Waals surface area contributed by atoms with Gasteiger partial charge in [-0.2, -0.15) is 8.42 Å². The molecule has 1 heterocycles. The van der Waals surface area contributed by atoms with Gasteiger partial charge in [-0.3, -0.25) is 9.59 Å². The average molecular weight is 508 g/mol. The van der Waals surface area contributed by atoms with Crippen molar-refractivity contribution in [1.29, 1.82) is 0 Å². The topological polar surface area (TPSA) is 114 Å². The van der Waals surface area contributed by atoms with E-state index in [0.29, 0.717) is 21.3 Å². The third-order valence-corrected chi connectivity index (χ3v) is 6.93. The van der Waals surface area contributed by atoms with Crippen molar-refractivity contribution >= 4 is 56.3 Å². The number of nitrogens with one attached hydrogen (secondary N) is 2. The largest absolute Gasteiger partial charge is 0.379 e. The van der Waals surface area contributed by atoms with Crippen LogP contribution in [0.15, 0.2) is 87.6 Å². The maximum Gasteiger partial charge on any atom is 0.339 e. The van der Waals surface area contributed by atoms with Crippen LogP contribution in [0.1, 0.15) is 18.1 Å². The van der Waals surface area contributed by atoms with Crippen molar-refractivity contribution in [3.8, 4) is 5.75 Å². The zero-order chi connectivity index (χ0) is 25.0. The van der Waals surface area contributed by atoms with E-state index < -0.39 is 10.1 Å². The van der Waals surface area contributed by atoms with E-state index in [1.807, 2.05) is 31.2 Å². The molecule has 0 saturated carbocycles. The van der Waals surface area contributed by atoms with Gasteiger partial charge >= 0.3 is 10.1 Å². The lowest BCUT2D eigenvalue weighted by Crippen LogP contribution is -2.19. The van der Waals surface area contributed by atoms with Crippen LogP contribution in [-0.4, -0.2) is 25.4 Å². The Bertz CT molecular complexity index is 1430. The predicted molar refractivity (Wildman–Crippen MR) is 137 cm³/mol. The first kappa shape index (κ1) is 24.2. The van der Waals surface area contributed by atoms with Crippen LogP contribution < -0.4 is 14.8 Å². The molecular weight excluding hydrogens is 486 g/mol. The molecule has 3 aromatic carbocycles. The zero-order valence-electron chi connectivity index (χ0n) is 18.8. The molecular formula is C25H21N3O5S2. The van der Waals surface area contributed by atoms with Crippen molar-refractivity contribution < 1.29 is 22.2 Å². The molecule has 2 amide bonds. The van der Waals surface area contributed by atoms with E-state index in [1.54, 1.807) is 18.2 Å². The van der Waals surface area contributed by atoms with Crippen LogP contribution in [-0.2, 0) is 19.7 Å². The van der Waals surface area contributed by atoms with Gasteiger partial charge in [0.25, 0.3) is 5.91 Å². The molecule has 0 radical (unpaired) electrons. The van der Waals surface area contributed by atoms with Gasteiger partial charge in [-0.15, -0.1) is 0 Å². The second-order valence-electron chi connectivity index (χ2n) is 7.63. The van der Waals surface area contributed by atoms with Crippen molar-refractivity contribution in [3.63, 3.8) is 0 Å². The van der Waals surface area contributed by atoms with Crippen molar-refractivity contribution in [3.05, 3.63) is 88.8 Å². The van der Waals surface area contributed by atoms with Crippen LogP contribution >= 0.6 is 11.8 Å². The first-order valence-corrected chi connectivity index (χ1v) is 12.7. The Morgan fingerprint density at radius 3 is 2.29 bits per heavy atom. The number of carbonyl (C=O) groups excluding carboxylic acids is 2. The lowest BCUT2D eigenvalue weighted by molar-refractivity contribution is -0.115. The highest BCUT2D eigenvalue weighted by molar-refractivity contribution is 8.18. The number of hydrogen-bond donors (Lipinski definition) is 2. The fourth-order valence-corrected chi connectivity index (χ4v) is 4.84. The average Bonchev–Trinajstić information content (AvgIpc) is 3.15. The van der Waals surface area contributed by atoms with Crippen LogP contribution in [0.3, 0.4) is 0 Å². The molecule has 0 bridgehead atoms. The number of amides is 2. The number of aryl methyl sites for hydroxylation is 1. The summed E-state index contributed by atoms with van der Waals surface area (Å²) in [4.78, 5) is 28.3. The molecule has 1 aliphatic rings. The van der Waals surface area contributed by atoms with E-state index in [4.69, 9.17) is 4.18 Å². The highest BCUT2D eigenvalue weighted by atomic mass is 32.2. The highest BCUT2D eigenvalue weighted by Crippen LogP contribution is 2.29. The number of nitrogens with zero attached hydrogens (tertiary/aromatic N) is 1. The lowest BCUT2D eigenvalue weighted by Gasteiger charge is -2.08. The van der Waals surface area contributed by atoms with Crippen LogP contribution in [0.2, 0.25) is 0 Å². The van der Waals surface area contributed by atoms with Gasteiger partial charge in [0, 0.05) is 12.6 Å². The molecule has 0 unspecified atom stereocenters. The Balaban J connectivity index is 1.43. The van der Waals surface area contributed by atoms with Crippen molar-refractivity contribution in [2.45, 2.75) is 18.7 Å². The summed E-state index contributed by atoms with van der Waals surface area (Å²) in [6.45, 7) is 3.35. The minimum absolute atomic E-state index is 0.0442. The lowest BCUT2D eigenvalue weighted by atomic mass is 10.2. The molecule has 8 nitrogen and oxygen atoms in total. The van der Waals surface area contributed by atoms with Crippen LogP contribution in [0.25, 0.3) is 6.08 Å². The molecule has 1 aliphatic heterocycles. The molecule has 0 atom stereocenters. The molecule has 1 saturated heterocycles. The molecule has 1 fully saturated rings. The monoisotopic (exact) mass is 507 g/mol. The first-order chi connectivity index (χ1) is 16.7. The molecule has 0 aliphatic carbocycles. The van der Waals surface area contributed by atoms with Crippen LogP contribution in [0.4, 0.5) is 11.4 Å². The fraction of sp³-hybridized carbons (Fsp3) is 0.0800. The van der Waals surface area contributed by atoms with Gasteiger partial charge in [0.05, 0.1) is 10.6 Å². The van der Waals surface area contributed by atoms with Crippen molar-refractivity contribution in [2.75, 3.05) is 5.32 Å². The van der Waals surface area contributed by atoms with E-state index in [9.17, 15) is 18.0 Å². The number of aliphatic imine (C=N–C) groups is 1. The summed E-state index contributed by atoms with van der Waals surface area (Å²) in [5, 5.41) is 5.80. The summed E-state index contributed by atoms with van der Waals surface area (Å²) >= 11 is 1.23. The first-order valence-electron chi connectivity index (χ1n) is 10.5. The minimum Gasteiger partial charge on any atom is -0.379 e. The van der Waals surface area contributed by atoms with E-state index in [2.05, 4.69) is 15.6 Å². The Hall–Kier alpha value is -3.89. The van der Waals surface area contributed by atoms with Gasteiger partial charge in [0.15, 0.2) is 5.17 Å². The Morgan fingerprint density at radius 1 is 1.00 bits per heavy atom. The predicted octanol–water partition coefficient (Wildman–Crippen LogP) is 4.61. The normalized spacial score (nSPS) is 15.8. The third kappa shape index (κ3) is 6.37. The number of benzene rings is 3. The summed E-state index contributed by atoms with van der Waals surface area (Å²) in [6.07, 6.45) is 1.69. The summed E-state index contributed by atoms with van der Waals surface area (Å²) in [6, 6.07) is 19.6. The molecule has 0 spiro atoms. The van der Waals surface area contributed by atoms with Crippen LogP contribution in [0, 0.1) is 6.92 Å². The second kappa shape index (κ2) is 10.2. The van der Waals surface area contributed by atoms with Gasteiger partial charge in [-0.05, 0) is 78.9 Å². The fourth-order valence-electron chi connectivity index (χ4n) is 3.07. The van der Waals surface area contributed by atoms with Crippen LogP contribution in [0.5, 0.6) is 5.75 Å². The molecule has 35 heavy (non-hydrogen) atoms. The van der Waals surface area contributed by atoms with Gasteiger partial charge in [0.1, 0.15) is 10.6 Å². The number of carbonyl (C=O) groups is 2. The zero-order valence-corrected chi connectivity index (χ0v) is 20.4. The molecule has 4 rings (SSSR count). The SMILES string of the molecule is CC(=O)Nc1ccc(S(=O)(=O)Oc2ccc(/C=C3\SC(=Nc4ccc(C)cc4)NC3=O)cc2)cc1. The van der Waals surface area contributed by atoms with Gasteiger partial charge in [-0.25, -0.2) is 4.99 Å². The number of hydrogen-bond acceptors (Lipinski definition) is 7.